The first-order valence-electron chi connectivity index (χ1n) is 13.1. The van der Waals surface area contributed by atoms with Crippen LogP contribution in [0.3, 0.4) is 0 Å². The molecule has 1 unspecified atom stereocenters. The summed E-state index contributed by atoms with van der Waals surface area (Å²) in [5, 5.41) is 1.24. The number of anilines is 1. The van der Waals surface area contributed by atoms with E-state index in [0.717, 1.165) is 18.5 Å². The second-order valence-corrected chi connectivity index (χ2v) is 12.5. The van der Waals surface area contributed by atoms with Crippen LogP contribution in [0, 0.1) is 0 Å². The van der Waals surface area contributed by atoms with Gasteiger partial charge in [0.2, 0.25) is 0 Å². The zero-order valence-corrected chi connectivity index (χ0v) is 24.8. The Morgan fingerprint density at radius 2 is 1.87 bits per heavy atom. The van der Waals surface area contributed by atoms with Crippen molar-refractivity contribution >= 4 is 50.3 Å². The normalized spacial score (nSPS) is 24.8. The van der Waals surface area contributed by atoms with Crippen LogP contribution in [-0.4, -0.2) is 95.2 Å². The molecule has 12 heteroatoms. The van der Waals surface area contributed by atoms with Gasteiger partial charge in [-0.1, -0.05) is 11.6 Å². The van der Waals surface area contributed by atoms with Gasteiger partial charge >= 0.3 is 11.8 Å². The average molecular weight is 613 g/mol. The molecule has 10 nitrogen and oxygen atoms in total. The summed E-state index contributed by atoms with van der Waals surface area (Å²) in [7, 11) is 0. The second kappa shape index (κ2) is 10.5. The topological polar surface area (TPSA) is 89.4 Å². The van der Waals surface area contributed by atoms with Crippen LogP contribution in [-0.2, 0) is 16.0 Å². The van der Waals surface area contributed by atoms with Crippen molar-refractivity contribution < 1.29 is 19.0 Å². The lowest BCUT2D eigenvalue weighted by Crippen LogP contribution is -2.59. The molecule has 208 valence electrons. The highest BCUT2D eigenvalue weighted by Gasteiger charge is 2.37. The molecule has 0 N–H and O–H groups in total. The maximum Gasteiger partial charge on any atom is 0.410 e. The SMILES string of the molecule is C[C@@H]1CN(c2nc(=O)n3c4c(c(Br)c(Cl)cc24)OCC(N2CCOCC2)C3)[C@@H](C)CN1C(=O)OC(C)(C)C. The molecule has 3 atom stereocenters. The van der Waals surface area contributed by atoms with Crippen LogP contribution in [0.1, 0.15) is 34.6 Å². The number of aromatic nitrogens is 2. The van der Waals surface area contributed by atoms with Crippen LogP contribution in [0.15, 0.2) is 15.3 Å². The van der Waals surface area contributed by atoms with E-state index in [1.54, 1.807) is 9.47 Å². The average Bonchev–Trinajstić information content (AvgIpc) is 3.06. The smallest absolute Gasteiger partial charge is 0.410 e. The number of carbonyl (C=O) groups excluding carboxylic acids is 1. The van der Waals surface area contributed by atoms with E-state index in [4.69, 9.17) is 25.8 Å². The summed E-state index contributed by atoms with van der Waals surface area (Å²) in [6.45, 7) is 14.3. The summed E-state index contributed by atoms with van der Waals surface area (Å²) >= 11 is 10.3. The molecule has 4 heterocycles. The van der Waals surface area contributed by atoms with Crippen LogP contribution in [0.4, 0.5) is 10.6 Å². The highest BCUT2D eigenvalue weighted by molar-refractivity contribution is 9.10. The first-order chi connectivity index (χ1) is 17.9. The summed E-state index contributed by atoms with van der Waals surface area (Å²) in [5.74, 6) is 1.10. The summed E-state index contributed by atoms with van der Waals surface area (Å²) in [6.07, 6.45) is -0.340. The van der Waals surface area contributed by atoms with Gasteiger partial charge in [0.1, 0.15) is 18.0 Å². The molecule has 38 heavy (non-hydrogen) atoms. The van der Waals surface area contributed by atoms with Gasteiger partial charge in [-0.15, -0.1) is 0 Å². The Kier molecular flexibility index (Phi) is 7.58. The molecule has 0 saturated carbocycles. The lowest BCUT2D eigenvalue weighted by atomic mass is 10.1. The minimum absolute atomic E-state index is 0.00171. The molecule has 1 amide bonds. The highest BCUT2D eigenvalue weighted by atomic mass is 79.9. The van der Waals surface area contributed by atoms with Gasteiger partial charge in [-0.25, -0.2) is 9.59 Å². The molecule has 2 fully saturated rings. The fourth-order valence-electron chi connectivity index (χ4n) is 5.46. The molecule has 0 bridgehead atoms. The second-order valence-electron chi connectivity index (χ2n) is 11.3. The highest BCUT2D eigenvalue weighted by Crippen LogP contribution is 2.43. The summed E-state index contributed by atoms with van der Waals surface area (Å²) in [6, 6.07) is 1.59. The van der Waals surface area contributed by atoms with E-state index in [9.17, 15) is 9.59 Å². The van der Waals surface area contributed by atoms with E-state index < -0.39 is 5.60 Å². The Morgan fingerprint density at radius 3 is 2.55 bits per heavy atom. The van der Waals surface area contributed by atoms with Crippen LogP contribution in [0.25, 0.3) is 10.9 Å². The third-order valence-corrected chi connectivity index (χ3v) is 8.67. The van der Waals surface area contributed by atoms with Crippen molar-refractivity contribution in [1.29, 1.82) is 0 Å². The quantitative estimate of drug-likeness (QED) is 0.507. The molecule has 0 spiro atoms. The van der Waals surface area contributed by atoms with Crippen molar-refractivity contribution in [3.63, 3.8) is 0 Å². The van der Waals surface area contributed by atoms with Crippen LogP contribution in [0.5, 0.6) is 5.75 Å². The molecular weight excluding hydrogens is 578 g/mol. The van der Waals surface area contributed by atoms with Gasteiger partial charge in [0, 0.05) is 50.2 Å². The number of morpholine rings is 1. The standard InChI is InChI=1S/C26H35BrClN5O5/c1-15-12-32(25(35)38-26(3,4)5)16(2)11-31(15)23-18-10-19(28)20(27)22-21(18)33(24(34)29-23)13-17(14-37-22)30-6-8-36-9-7-30/h10,15-17H,6-9,11-14H2,1-5H3/t15-,16+,17?/m0/s1. The van der Waals surface area contributed by atoms with Crippen LogP contribution >= 0.6 is 27.5 Å². The van der Waals surface area contributed by atoms with Gasteiger partial charge < -0.3 is 24.0 Å². The van der Waals surface area contributed by atoms with E-state index in [0.29, 0.717) is 66.0 Å². The molecule has 1 aromatic heterocycles. The monoisotopic (exact) mass is 611 g/mol. The number of benzene rings is 1. The molecule has 3 aliphatic heterocycles. The lowest BCUT2D eigenvalue weighted by Gasteiger charge is -2.45. The Hall–Kier alpha value is -2.08. The third-order valence-electron chi connectivity index (χ3n) is 7.36. The van der Waals surface area contributed by atoms with Crippen molar-refractivity contribution in [3.05, 3.63) is 26.0 Å². The Bertz CT molecular complexity index is 1290. The van der Waals surface area contributed by atoms with Gasteiger partial charge in [-0.3, -0.25) is 9.47 Å². The first kappa shape index (κ1) is 27.5. The first-order valence-corrected chi connectivity index (χ1v) is 14.2. The largest absolute Gasteiger partial charge is 0.488 e. The number of piperazine rings is 1. The van der Waals surface area contributed by atoms with E-state index in [-0.39, 0.29) is 29.9 Å². The number of amides is 1. The van der Waals surface area contributed by atoms with Gasteiger partial charge in [-0.2, -0.15) is 4.98 Å². The van der Waals surface area contributed by atoms with Gasteiger partial charge in [0.05, 0.1) is 34.3 Å². The predicted octanol–water partition coefficient (Wildman–Crippen LogP) is 3.74. The molecular formula is C26H35BrClN5O5. The Balaban J connectivity index is 1.54. The molecule has 2 saturated heterocycles. The molecule has 0 aliphatic carbocycles. The van der Waals surface area contributed by atoms with Crippen molar-refractivity contribution in [2.24, 2.45) is 0 Å². The van der Waals surface area contributed by atoms with Gasteiger partial charge in [0.25, 0.3) is 0 Å². The van der Waals surface area contributed by atoms with Crippen LogP contribution in [0.2, 0.25) is 5.02 Å². The van der Waals surface area contributed by atoms with Crippen molar-refractivity contribution in [2.75, 3.05) is 50.9 Å². The third kappa shape index (κ3) is 5.22. The predicted molar refractivity (Wildman–Crippen MR) is 150 cm³/mol. The molecule has 0 radical (unpaired) electrons. The maximum absolute atomic E-state index is 13.6. The fourth-order valence-corrected chi connectivity index (χ4v) is 6.07. The number of carbonyl (C=O) groups is 1. The minimum atomic E-state index is -0.578. The van der Waals surface area contributed by atoms with E-state index in [1.165, 1.54) is 0 Å². The number of rotatable bonds is 2. The number of halogens is 2. The summed E-state index contributed by atoms with van der Waals surface area (Å²) in [4.78, 5) is 37.2. The molecule has 5 rings (SSSR count). The van der Waals surface area contributed by atoms with Crippen LogP contribution < -0.4 is 15.3 Å². The molecule has 1 aromatic carbocycles. The van der Waals surface area contributed by atoms with E-state index in [2.05, 4.69) is 30.7 Å². The van der Waals surface area contributed by atoms with Gasteiger partial charge in [-0.05, 0) is 56.6 Å². The summed E-state index contributed by atoms with van der Waals surface area (Å²) in [5.41, 5.74) is -0.228. The Morgan fingerprint density at radius 1 is 1.16 bits per heavy atom. The van der Waals surface area contributed by atoms with Gasteiger partial charge in [0.15, 0.2) is 5.75 Å². The van der Waals surface area contributed by atoms with Crippen molar-refractivity contribution in [1.82, 2.24) is 19.4 Å². The van der Waals surface area contributed by atoms with E-state index >= 15 is 0 Å². The number of ether oxygens (including phenoxy) is 3. The number of nitrogens with zero attached hydrogens (tertiary/aromatic N) is 5. The number of hydrogen-bond acceptors (Lipinski definition) is 8. The maximum atomic E-state index is 13.6. The fraction of sp³-hybridized carbons (Fsp3) is 0.654. The van der Waals surface area contributed by atoms with Crippen molar-refractivity contribution in [2.45, 2.75) is 64.9 Å². The zero-order chi connectivity index (χ0) is 27.4. The summed E-state index contributed by atoms with van der Waals surface area (Å²) < 4.78 is 19.8. The zero-order valence-electron chi connectivity index (χ0n) is 22.5. The Labute approximate surface area is 235 Å². The minimum Gasteiger partial charge on any atom is -0.488 e. The van der Waals surface area contributed by atoms with E-state index in [1.807, 2.05) is 40.7 Å². The lowest BCUT2D eigenvalue weighted by molar-refractivity contribution is 0.00328. The molecule has 2 aromatic rings. The van der Waals surface area contributed by atoms with Crippen molar-refractivity contribution in [3.8, 4) is 5.75 Å². The number of hydrogen-bond donors (Lipinski definition) is 0. The molecule has 3 aliphatic rings.